The lowest BCUT2D eigenvalue weighted by Crippen LogP contribution is -2.41. The Morgan fingerprint density at radius 3 is 2.33 bits per heavy atom. The van der Waals surface area contributed by atoms with Crippen molar-refractivity contribution in [2.45, 2.75) is 26.3 Å². The monoisotopic (exact) mass is 653 g/mol. The van der Waals surface area contributed by atoms with E-state index in [9.17, 15) is 14.4 Å². The van der Waals surface area contributed by atoms with Gasteiger partial charge in [-0.15, -0.1) is 0 Å². The van der Waals surface area contributed by atoms with Gasteiger partial charge in [-0.1, -0.05) is 25.1 Å². The fraction of sp³-hybridized carbons (Fsp3) is 0.333. The Morgan fingerprint density at radius 1 is 0.938 bits per heavy atom. The maximum atomic E-state index is 13.3. The van der Waals surface area contributed by atoms with Crippen LogP contribution in [0.5, 0.6) is 5.75 Å². The van der Waals surface area contributed by atoms with Gasteiger partial charge in [0.25, 0.3) is 17.7 Å². The van der Waals surface area contributed by atoms with Gasteiger partial charge >= 0.3 is 0 Å². The lowest BCUT2D eigenvalue weighted by atomic mass is 10.1. The molecule has 1 saturated heterocycles. The first-order chi connectivity index (χ1) is 23.2. The third-order valence-corrected chi connectivity index (χ3v) is 8.33. The molecule has 1 aliphatic heterocycles. The fourth-order valence-corrected chi connectivity index (χ4v) is 5.33. The molecule has 0 spiro atoms. The second kappa shape index (κ2) is 16.1. The normalized spacial score (nSPS) is 14.1. The Balaban J connectivity index is 1.19. The lowest BCUT2D eigenvalue weighted by molar-refractivity contribution is 0.0383. The molecule has 12 nitrogen and oxygen atoms in total. The molecule has 0 saturated carbocycles. The van der Waals surface area contributed by atoms with Crippen molar-refractivity contribution in [1.29, 1.82) is 0 Å². The smallest absolute Gasteiger partial charge is 0.272 e. The van der Waals surface area contributed by atoms with Crippen molar-refractivity contribution in [2.75, 3.05) is 57.1 Å². The number of carbonyl (C=O) groups excluding carboxylic acids is 3. The van der Waals surface area contributed by atoms with Crippen LogP contribution in [0, 0.1) is 0 Å². The minimum Gasteiger partial charge on any atom is -0.497 e. The number of morpholine rings is 1. The van der Waals surface area contributed by atoms with Gasteiger partial charge in [-0.25, -0.2) is 0 Å². The van der Waals surface area contributed by atoms with Crippen molar-refractivity contribution in [3.05, 3.63) is 95.3 Å². The Kier molecular flexibility index (Phi) is 11.4. The zero-order valence-electron chi connectivity index (χ0n) is 27.9. The van der Waals surface area contributed by atoms with Crippen molar-refractivity contribution < 1.29 is 23.9 Å². The summed E-state index contributed by atoms with van der Waals surface area (Å²) < 4.78 is 14.1. The van der Waals surface area contributed by atoms with E-state index in [1.807, 2.05) is 54.8 Å². The van der Waals surface area contributed by atoms with E-state index in [0.717, 1.165) is 37.4 Å². The summed E-state index contributed by atoms with van der Waals surface area (Å²) in [6, 6.07) is 14.5. The second-order valence-electron chi connectivity index (χ2n) is 11.7. The minimum absolute atomic E-state index is 0.0561. The standard InChI is InChI=1S/C36H43N7O5/c1-5-25(2)43-24-30(21-33(43)35(45)37-14-15-42-16-18-48-19-17-42)40-36(46)32-20-29(23-41(32)3)39-34(44)27-9-11-28(38-22-27)10-6-26-7-12-31(47-4)13-8-26/h6-13,20-25H,5,14-19H2,1-4H3,(H,37,45)(H,39,44)(H,40,46)/b10-6+. The number of aryl methyl sites for hydroxylation is 1. The number of anilines is 2. The zero-order chi connectivity index (χ0) is 34.0. The van der Waals surface area contributed by atoms with E-state index in [2.05, 4.69) is 25.8 Å². The number of nitrogens with one attached hydrogen (secondary N) is 3. The van der Waals surface area contributed by atoms with Crippen LogP contribution in [0.15, 0.2) is 67.1 Å². The molecule has 3 N–H and O–H groups in total. The van der Waals surface area contributed by atoms with E-state index in [1.165, 1.54) is 6.20 Å². The molecule has 252 valence electrons. The number of nitrogens with zero attached hydrogens (tertiary/aromatic N) is 4. The number of benzene rings is 1. The maximum absolute atomic E-state index is 13.3. The number of rotatable bonds is 13. The molecule has 3 aromatic heterocycles. The van der Waals surface area contributed by atoms with E-state index in [1.54, 1.807) is 55.4 Å². The van der Waals surface area contributed by atoms with E-state index < -0.39 is 0 Å². The van der Waals surface area contributed by atoms with Crippen LogP contribution < -0.4 is 20.7 Å². The number of pyridine rings is 1. The number of ether oxygens (including phenoxy) is 2. The van der Waals surface area contributed by atoms with Crippen molar-refractivity contribution in [1.82, 2.24) is 24.3 Å². The molecule has 3 amide bonds. The summed E-state index contributed by atoms with van der Waals surface area (Å²) in [7, 11) is 3.36. The van der Waals surface area contributed by atoms with E-state index in [-0.39, 0.29) is 23.8 Å². The third kappa shape index (κ3) is 8.78. The Bertz CT molecular complexity index is 1740. The summed E-state index contributed by atoms with van der Waals surface area (Å²) in [5, 5.41) is 8.78. The largest absolute Gasteiger partial charge is 0.497 e. The van der Waals surface area contributed by atoms with E-state index in [0.29, 0.717) is 53.8 Å². The molecule has 12 heteroatoms. The predicted molar refractivity (Wildman–Crippen MR) is 187 cm³/mol. The zero-order valence-corrected chi connectivity index (χ0v) is 27.9. The lowest BCUT2D eigenvalue weighted by Gasteiger charge is -2.26. The molecular weight excluding hydrogens is 610 g/mol. The average molecular weight is 654 g/mol. The molecule has 4 heterocycles. The Hall–Kier alpha value is -5.20. The van der Waals surface area contributed by atoms with E-state index >= 15 is 0 Å². The molecule has 0 aliphatic carbocycles. The van der Waals surface area contributed by atoms with Gasteiger partial charge in [-0.05, 0) is 61.4 Å². The van der Waals surface area contributed by atoms with Crippen molar-refractivity contribution >= 4 is 41.2 Å². The summed E-state index contributed by atoms with van der Waals surface area (Å²) in [6.07, 6.45) is 9.58. The Morgan fingerprint density at radius 2 is 1.65 bits per heavy atom. The van der Waals surface area contributed by atoms with Gasteiger partial charge in [-0.3, -0.25) is 24.3 Å². The molecule has 1 aliphatic rings. The molecular formula is C36H43N7O5. The first-order valence-electron chi connectivity index (χ1n) is 16.1. The quantitative estimate of drug-likeness (QED) is 0.186. The number of carbonyl (C=O) groups is 3. The number of hydrogen-bond acceptors (Lipinski definition) is 7. The second-order valence-corrected chi connectivity index (χ2v) is 11.7. The Labute approximate surface area is 280 Å². The molecule has 0 radical (unpaired) electrons. The predicted octanol–water partition coefficient (Wildman–Crippen LogP) is 4.94. The number of amides is 3. The fourth-order valence-electron chi connectivity index (χ4n) is 5.33. The summed E-state index contributed by atoms with van der Waals surface area (Å²) in [6.45, 7) is 8.48. The van der Waals surface area contributed by atoms with Crippen LogP contribution in [0.4, 0.5) is 11.4 Å². The molecule has 0 bridgehead atoms. The van der Waals surface area contributed by atoms with Crippen LogP contribution in [0.25, 0.3) is 12.2 Å². The van der Waals surface area contributed by atoms with Crippen molar-refractivity contribution in [3.8, 4) is 5.75 Å². The molecule has 1 aromatic carbocycles. The van der Waals surface area contributed by atoms with Crippen LogP contribution in [-0.2, 0) is 11.8 Å². The minimum atomic E-state index is -0.367. The highest BCUT2D eigenvalue weighted by Gasteiger charge is 2.20. The van der Waals surface area contributed by atoms with Crippen LogP contribution in [0.3, 0.4) is 0 Å². The number of methoxy groups -OCH3 is 1. The van der Waals surface area contributed by atoms with Crippen LogP contribution in [0.1, 0.15) is 68.9 Å². The van der Waals surface area contributed by atoms with Crippen LogP contribution in [0.2, 0.25) is 0 Å². The molecule has 4 aromatic rings. The summed E-state index contributed by atoms with van der Waals surface area (Å²) >= 11 is 0. The highest BCUT2D eigenvalue weighted by Crippen LogP contribution is 2.23. The number of hydrogen-bond donors (Lipinski definition) is 3. The number of aromatic nitrogens is 3. The molecule has 48 heavy (non-hydrogen) atoms. The van der Waals surface area contributed by atoms with Crippen LogP contribution >= 0.6 is 0 Å². The van der Waals surface area contributed by atoms with Gasteiger partial charge in [0.15, 0.2) is 0 Å². The van der Waals surface area contributed by atoms with Gasteiger partial charge in [0.1, 0.15) is 17.1 Å². The molecule has 1 fully saturated rings. The molecule has 5 rings (SSSR count). The highest BCUT2D eigenvalue weighted by molar-refractivity contribution is 6.07. The first kappa shape index (κ1) is 34.1. The van der Waals surface area contributed by atoms with Crippen LogP contribution in [-0.4, -0.2) is 83.2 Å². The highest BCUT2D eigenvalue weighted by atomic mass is 16.5. The van der Waals surface area contributed by atoms with Gasteiger partial charge in [0.2, 0.25) is 0 Å². The maximum Gasteiger partial charge on any atom is 0.272 e. The third-order valence-electron chi connectivity index (χ3n) is 8.33. The van der Waals surface area contributed by atoms with Gasteiger partial charge in [0, 0.05) is 57.9 Å². The molecule has 1 atom stereocenters. The van der Waals surface area contributed by atoms with Crippen molar-refractivity contribution in [2.24, 2.45) is 7.05 Å². The topological polar surface area (TPSA) is 132 Å². The summed E-state index contributed by atoms with van der Waals surface area (Å²) in [4.78, 5) is 46.1. The van der Waals surface area contributed by atoms with E-state index in [4.69, 9.17) is 9.47 Å². The van der Waals surface area contributed by atoms with Gasteiger partial charge in [-0.2, -0.15) is 0 Å². The molecule has 1 unspecified atom stereocenters. The van der Waals surface area contributed by atoms with Crippen molar-refractivity contribution in [3.63, 3.8) is 0 Å². The SMILES string of the molecule is CCC(C)n1cc(NC(=O)c2cc(NC(=O)c3ccc(/C=C/c4ccc(OC)cc4)nc3)cn2C)cc1C(=O)NCCN1CCOCC1. The summed E-state index contributed by atoms with van der Waals surface area (Å²) in [5.74, 6) is -0.119. The average Bonchev–Trinajstić information content (AvgIpc) is 3.70. The van der Waals surface area contributed by atoms with Gasteiger partial charge in [0.05, 0.1) is 43.0 Å². The first-order valence-corrected chi connectivity index (χ1v) is 16.1. The van der Waals surface area contributed by atoms with Gasteiger partial charge < -0.3 is 34.6 Å². The summed E-state index contributed by atoms with van der Waals surface area (Å²) in [5.41, 5.74) is 3.89.